The maximum absolute atomic E-state index is 12.1. The van der Waals surface area contributed by atoms with Crippen molar-refractivity contribution in [2.45, 2.75) is 0 Å². The van der Waals surface area contributed by atoms with E-state index in [-0.39, 0.29) is 11.5 Å². The molecular formula is C14H12O4S. The van der Waals surface area contributed by atoms with E-state index >= 15 is 0 Å². The summed E-state index contributed by atoms with van der Waals surface area (Å²) >= 11 is 0. The first kappa shape index (κ1) is 13.3. The highest BCUT2D eigenvalue weighted by Crippen LogP contribution is 2.16. The van der Waals surface area contributed by atoms with Crippen LogP contribution in [0.3, 0.4) is 0 Å². The molecule has 0 radical (unpaired) electrons. The molecule has 2 rings (SSSR count). The Morgan fingerprint density at radius 2 is 1.42 bits per heavy atom. The van der Waals surface area contributed by atoms with E-state index in [1.807, 2.05) is 6.07 Å². The minimum atomic E-state index is -3.55. The normalized spacial score (nSPS) is 11.0. The predicted octanol–water partition coefficient (Wildman–Crippen LogP) is 2.26. The van der Waals surface area contributed by atoms with E-state index < -0.39 is 10.1 Å². The fourth-order valence-corrected chi connectivity index (χ4v) is 2.05. The highest BCUT2D eigenvalue weighted by Gasteiger charge is 2.09. The molecular weight excluding hydrogens is 264 g/mol. The van der Waals surface area contributed by atoms with E-state index in [9.17, 15) is 13.2 Å². The molecule has 5 heteroatoms. The monoisotopic (exact) mass is 276 g/mol. The van der Waals surface area contributed by atoms with Gasteiger partial charge in [-0.2, -0.15) is 8.42 Å². The standard InChI is InChI=1S/C14H12O4S/c1-19(16,17)18-13-9-7-12(8-10-13)14(15)11-5-3-2-4-6-11/h2-10H,1H3. The van der Waals surface area contributed by atoms with Gasteiger partial charge in [-0.15, -0.1) is 0 Å². The third-order valence-electron chi connectivity index (χ3n) is 2.40. The fourth-order valence-electron chi connectivity index (χ4n) is 1.59. The van der Waals surface area contributed by atoms with Gasteiger partial charge < -0.3 is 4.18 Å². The van der Waals surface area contributed by atoms with Gasteiger partial charge in [-0.25, -0.2) is 0 Å². The Labute approximate surface area is 111 Å². The minimum Gasteiger partial charge on any atom is -0.383 e. The first-order valence-electron chi connectivity index (χ1n) is 5.55. The molecule has 0 saturated heterocycles. The first-order chi connectivity index (χ1) is 8.96. The van der Waals surface area contributed by atoms with Crippen molar-refractivity contribution in [2.24, 2.45) is 0 Å². The summed E-state index contributed by atoms with van der Waals surface area (Å²) in [6.45, 7) is 0. The number of hydrogen-bond acceptors (Lipinski definition) is 4. The third kappa shape index (κ3) is 3.66. The molecule has 0 fully saturated rings. The Hall–Kier alpha value is -2.14. The number of hydrogen-bond donors (Lipinski definition) is 0. The second kappa shape index (κ2) is 5.24. The molecule has 0 amide bonds. The molecule has 0 heterocycles. The summed E-state index contributed by atoms with van der Waals surface area (Å²) in [5, 5.41) is 0. The Balaban J connectivity index is 2.22. The van der Waals surface area contributed by atoms with Crippen LogP contribution in [0.15, 0.2) is 54.6 Å². The topological polar surface area (TPSA) is 60.4 Å². The second-order valence-electron chi connectivity index (χ2n) is 4.01. The lowest BCUT2D eigenvalue weighted by atomic mass is 10.0. The van der Waals surface area contributed by atoms with Crippen molar-refractivity contribution in [2.75, 3.05) is 6.26 Å². The van der Waals surface area contributed by atoms with Crippen molar-refractivity contribution in [3.05, 3.63) is 65.7 Å². The van der Waals surface area contributed by atoms with Crippen LogP contribution in [0.25, 0.3) is 0 Å². The molecule has 2 aromatic rings. The lowest BCUT2D eigenvalue weighted by Crippen LogP contribution is -2.06. The summed E-state index contributed by atoms with van der Waals surface area (Å²) in [5.41, 5.74) is 1.06. The summed E-state index contributed by atoms with van der Waals surface area (Å²) in [6.07, 6.45) is 0.968. The maximum Gasteiger partial charge on any atom is 0.306 e. The molecule has 0 aliphatic carbocycles. The van der Waals surface area contributed by atoms with Gasteiger partial charge in [0.1, 0.15) is 5.75 Å². The molecule has 0 aromatic heterocycles. The second-order valence-corrected chi connectivity index (χ2v) is 5.58. The van der Waals surface area contributed by atoms with Crippen LogP contribution in [0.1, 0.15) is 15.9 Å². The molecule has 19 heavy (non-hydrogen) atoms. The molecule has 4 nitrogen and oxygen atoms in total. The largest absolute Gasteiger partial charge is 0.383 e. The summed E-state index contributed by atoms with van der Waals surface area (Å²) in [6, 6.07) is 14.8. The first-order valence-corrected chi connectivity index (χ1v) is 7.37. The lowest BCUT2D eigenvalue weighted by molar-refractivity contribution is 0.103. The van der Waals surface area contributed by atoms with Crippen molar-refractivity contribution in [1.82, 2.24) is 0 Å². The summed E-state index contributed by atoms with van der Waals surface area (Å²) in [7, 11) is -3.55. The van der Waals surface area contributed by atoms with Gasteiger partial charge in [0.25, 0.3) is 0 Å². The number of rotatable bonds is 4. The van der Waals surface area contributed by atoms with Crippen LogP contribution in [0.4, 0.5) is 0 Å². The molecule has 0 spiro atoms. The number of ketones is 1. The molecule has 0 unspecified atom stereocenters. The summed E-state index contributed by atoms with van der Waals surface area (Å²) in [5.74, 6) is 0.0682. The smallest absolute Gasteiger partial charge is 0.306 e. The van der Waals surface area contributed by atoms with Crippen molar-refractivity contribution in [1.29, 1.82) is 0 Å². The van der Waals surface area contributed by atoms with Crippen molar-refractivity contribution >= 4 is 15.9 Å². The minimum absolute atomic E-state index is 0.119. The van der Waals surface area contributed by atoms with Gasteiger partial charge in [0, 0.05) is 11.1 Å². The zero-order valence-corrected chi connectivity index (χ0v) is 11.1. The quantitative estimate of drug-likeness (QED) is 0.635. The van der Waals surface area contributed by atoms with Gasteiger partial charge in [0.15, 0.2) is 5.78 Å². The van der Waals surface area contributed by atoms with E-state index in [0.717, 1.165) is 6.26 Å². The van der Waals surface area contributed by atoms with Crippen molar-refractivity contribution in [3.63, 3.8) is 0 Å². The van der Waals surface area contributed by atoms with E-state index in [1.165, 1.54) is 24.3 Å². The lowest BCUT2D eigenvalue weighted by Gasteiger charge is -2.04. The molecule has 0 atom stereocenters. The average molecular weight is 276 g/mol. The van der Waals surface area contributed by atoms with Crippen LogP contribution in [0, 0.1) is 0 Å². The molecule has 0 saturated carbocycles. The molecule has 0 bridgehead atoms. The zero-order chi connectivity index (χ0) is 13.9. The third-order valence-corrected chi connectivity index (χ3v) is 2.90. The Bertz CT molecular complexity index is 673. The van der Waals surface area contributed by atoms with E-state index in [1.54, 1.807) is 24.3 Å². The Kier molecular flexibility index (Phi) is 3.66. The van der Waals surface area contributed by atoms with E-state index in [2.05, 4.69) is 0 Å². The van der Waals surface area contributed by atoms with Crippen LogP contribution in [-0.4, -0.2) is 20.5 Å². The van der Waals surface area contributed by atoms with Crippen LogP contribution in [-0.2, 0) is 10.1 Å². The summed E-state index contributed by atoms with van der Waals surface area (Å²) in [4.78, 5) is 12.1. The van der Waals surface area contributed by atoms with Gasteiger partial charge in [-0.3, -0.25) is 4.79 Å². The summed E-state index contributed by atoms with van der Waals surface area (Å²) < 4.78 is 26.6. The molecule has 0 aliphatic heterocycles. The van der Waals surface area contributed by atoms with Gasteiger partial charge in [0.2, 0.25) is 0 Å². The van der Waals surface area contributed by atoms with Crippen LogP contribution >= 0.6 is 0 Å². The Morgan fingerprint density at radius 3 is 1.95 bits per heavy atom. The van der Waals surface area contributed by atoms with E-state index in [4.69, 9.17) is 4.18 Å². The highest BCUT2D eigenvalue weighted by molar-refractivity contribution is 7.86. The number of carbonyl (C=O) groups is 1. The van der Waals surface area contributed by atoms with Gasteiger partial charge >= 0.3 is 10.1 Å². The number of benzene rings is 2. The van der Waals surface area contributed by atoms with Crippen LogP contribution in [0.2, 0.25) is 0 Å². The van der Waals surface area contributed by atoms with Gasteiger partial charge in [-0.05, 0) is 24.3 Å². The van der Waals surface area contributed by atoms with Gasteiger partial charge in [0.05, 0.1) is 6.26 Å². The highest BCUT2D eigenvalue weighted by atomic mass is 32.2. The Morgan fingerprint density at radius 1 is 0.895 bits per heavy atom. The predicted molar refractivity (Wildman–Crippen MR) is 71.8 cm³/mol. The SMILES string of the molecule is CS(=O)(=O)Oc1ccc(C(=O)c2ccccc2)cc1. The molecule has 2 aromatic carbocycles. The molecule has 0 aliphatic rings. The molecule has 98 valence electrons. The van der Waals surface area contributed by atoms with Crippen molar-refractivity contribution < 1.29 is 17.4 Å². The zero-order valence-electron chi connectivity index (χ0n) is 10.2. The van der Waals surface area contributed by atoms with Crippen LogP contribution in [0.5, 0.6) is 5.75 Å². The average Bonchev–Trinajstić information content (AvgIpc) is 2.38. The maximum atomic E-state index is 12.1. The van der Waals surface area contributed by atoms with Gasteiger partial charge in [-0.1, -0.05) is 30.3 Å². The van der Waals surface area contributed by atoms with Crippen LogP contribution < -0.4 is 4.18 Å². The fraction of sp³-hybridized carbons (Fsp3) is 0.0714. The molecule has 0 N–H and O–H groups in total. The van der Waals surface area contributed by atoms with Crippen molar-refractivity contribution in [3.8, 4) is 5.75 Å². The number of carbonyl (C=O) groups excluding carboxylic acids is 1. The van der Waals surface area contributed by atoms with E-state index in [0.29, 0.717) is 11.1 Å².